The topological polar surface area (TPSA) is 89.0 Å². The molecule has 0 aliphatic heterocycles. The minimum absolute atomic E-state index is 0.0646. The molecule has 0 saturated heterocycles. The van der Waals surface area contributed by atoms with E-state index in [4.69, 9.17) is 21.1 Å². The van der Waals surface area contributed by atoms with Crippen molar-refractivity contribution in [3.05, 3.63) is 87.1 Å². The predicted molar refractivity (Wildman–Crippen MR) is 136 cm³/mol. The maximum absolute atomic E-state index is 13.6. The fraction of sp³-hybridized carbons (Fsp3) is 0.160. The second-order valence-corrected chi connectivity index (χ2v) is 8.50. The van der Waals surface area contributed by atoms with E-state index in [1.54, 1.807) is 24.3 Å². The molecule has 0 bridgehead atoms. The van der Waals surface area contributed by atoms with E-state index in [1.165, 1.54) is 31.5 Å². The van der Waals surface area contributed by atoms with Crippen LogP contribution in [-0.2, 0) is 16.2 Å². The number of rotatable bonds is 10. The molecule has 0 fully saturated rings. The van der Waals surface area contributed by atoms with Crippen LogP contribution in [0.15, 0.2) is 70.2 Å². The SMILES string of the molecule is COc1cc(C=NNC(=O)CCC(=O)Nc2ccccc2F)cc(Br)c1OCc1ccccc1Cl. The molecule has 10 heteroatoms. The van der Waals surface area contributed by atoms with Gasteiger partial charge in [0.05, 0.1) is 23.5 Å². The number of anilines is 1. The summed E-state index contributed by atoms with van der Waals surface area (Å²) in [6, 6.07) is 16.6. The average Bonchev–Trinajstić information content (AvgIpc) is 2.84. The largest absolute Gasteiger partial charge is 0.493 e. The van der Waals surface area contributed by atoms with E-state index in [0.717, 1.165) is 5.56 Å². The lowest BCUT2D eigenvalue weighted by Crippen LogP contribution is -2.21. The molecule has 3 rings (SSSR count). The van der Waals surface area contributed by atoms with Gasteiger partial charge in [-0.25, -0.2) is 9.82 Å². The Morgan fingerprint density at radius 1 is 1.09 bits per heavy atom. The molecular formula is C25H22BrClFN3O4. The number of methoxy groups -OCH3 is 1. The van der Waals surface area contributed by atoms with Gasteiger partial charge in [0.15, 0.2) is 11.5 Å². The number of benzene rings is 3. The molecule has 0 aliphatic rings. The van der Waals surface area contributed by atoms with Crippen LogP contribution in [0.25, 0.3) is 0 Å². The number of nitrogens with zero attached hydrogens (tertiary/aromatic N) is 1. The average molecular weight is 563 g/mol. The molecule has 0 aromatic heterocycles. The van der Waals surface area contributed by atoms with Crippen LogP contribution in [0.5, 0.6) is 11.5 Å². The molecule has 0 atom stereocenters. The summed E-state index contributed by atoms with van der Waals surface area (Å²) < 4.78 is 25.5. The lowest BCUT2D eigenvalue weighted by molar-refractivity contribution is -0.124. The molecule has 2 N–H and O–H groups in total. The van der Waals surface area contributed by atoms with E-state index in [0.29, 0.717) is 26.6 Å². The molecule has 0 aliphatic carbocycles. The van der Waals surface area contributed by atoms with Crippen LogP contribution in [-0.4, -0.2) is 25.1 Å². The minimum atomic E-state index is -0.545. The van der Waals surface area contributed by atoms with Crippen LogP contribution in [0.1, 0.15) is 24.0 Å². The molecule has 2 amide bonds. The third kappa shape index (κ3) is 7.80. The molecule has 0 radical (unpaired) electrons. The van der Waals surface area contributed by atoms with Crippen molar-refractivity contribution in [2.24, 2.45) is 5.10 Å². The Labute approximate surface area is 215 Å². The zero-order valence-electron chi connectivity index (χ0n) is 18.7. The first-order chi connectivity index (χ1) is 16.9. The number of carbonyl (C=O) groups is 2. The maximum atomic E-state index is 13.6. The fourth-order valence-corrected chi connectivity index (χ4v) is 3.72. The summed E-state index contributed by atoms with van der Waals surface area (Å²) in [5.74, 6) is -0.527. The molecule has 0 saturated carbocycles. The van der Waals surface area contributed by atoms with Crippen molar-refractivity contribution < 1.29 is 23.5 Å². The minimum Gasteiger partial charge on any atom is -0.493 e. The van der Waals surface area contributed by atoms with Crippen molar-refractivity contribution in [3.63, 3.8) is 0 Å². The third-order valence-corrected chi connectivity index (χ3v) is 5.67. The van der Waals surface area contributed by atoms with Gasteiger partial charge in [-0.3, -0.25) is 9.59 Å². The standard InChI is InChI=1S/C25H22BrClFN3O4/c1-34-22-13-16(12-18(26)25(22)35-15-17-6-2-3-7-19(17)27)14-29-31-24(33)11-10-23(32)30-21-9-5-4-8-20(21)28/h2-9,12-14H,10-11,15H2,1H3,(H,30,32)(H,31,33). The first-order valence-electron chi connectivity index (χ1n) is 10.5. The lowest BCUT2D eigenvalue weighted by atomic mass is 10.2. The molecule has 0 unspecified atom stereocenters. The van der Waals surface area contributed by atoms with Crippen molar-refractivity contribution in [1.82, 2.24) is 5.43 Å². The zero-order chi connectivity index (χ0) is 25.2. The smallest absolute Gasteiger partial charge is 0.240 e. The normalized spacial score (nSPS) is 10.7. The van der Waals surface area contributed by atoms with Gasteiger partial charge in [-0.2, -0.15) is 5.10 Å². The second kappa shape index (κ2) is 12.9. The number of carbonyl (C=O) groups excluding carboxylic acids is 2. The van der Waals surface area contributed by atoms with E-state index in [9.17, 15) is 14.0 Å². The van der Waals surface area contributed by atoms with Gasteiger partial charge in [-0.15, -0.1) is 0 Å². The summed E-state index contributed by atoms with van der Waals surface area (Å²) in [7, 11) is 1.51. The van der Waals surface area contributed by atoms with E-state index < -0.39 is 17.6 Å². The van der Waals surface area contributed by atoms with Crippen molar-refractivity contribution in [1.29, 1.82) is 0 Å². The lowest BCUT2D eigenvalue weighted by Gasteiger charge is -2.14. The summed E-state index contributed by atoms with van der Waals surface area (Å²) in [6.45, 7) is 0.253. The highest BCUT2D eigenvalue weighted by Crippen LogP contribution is 2.37. The Morgan fingerprint density at radius 3 is 2.54 bits per heavy atom. The van der Waals surface area contributed by atoms with Gasteiger partial charge < -0.3 is 14.8 Å². The summed E-state index contributed by atoms with van der Waals surface area (Å²) >= 11 is 9.65. The van der Waals surface area contributed by atoms with Crippen molar-refractivity contribution in [2.45, 2.75) is 19.4 Å². The fourth-order valence-electron chi connectivity index (χ4n) is 2.96. The van der Waals surface area contributed by atoms with Gasteiger partial charge in [-0.05, 0) is 51.8 Å². The summed E-state index contributed by atoms with van der Waals surface area (Å²) in [6.07, 6.45) is 1.20. The Hall–Kier alpha value is -3.43. The van der Waals surface area contributed by atoms with Crippen LogP contribution < -0.4 is 20.2 Å². The molecule has 35 heavy (non-hydrogen) atoms. The van der Waals surface area contributed by atoms with Gasteiger partial charge in [0.2, 0.25) is 11.8 Å². The molecular weight excluding hydrogens is 541 g/mol. The molecule has 0 spiro atoms. The summed E-state index contributed by atoms with van der Waals surface area (Å²) in [5.41, 5.74) is 3.89. The number of hydrogen-bond acceptors (Lipinski definition) is 5. The van der Waals surface area contributed by atoms with Gasteiger partial charge in [-0.1, -0.05) is 41.9 Å². The van der Waals surface area contributed by atoms with Crippen molar-refractivity contribution in [2.75, 3.05) is 12.4 Å². The summed E-state index contributed by atoms with van der Waals surface area (Å²) in [5, 5.41) is 6.95. The third-order valence-electron chi connectivity index (χ3n) is 4.71. The molecule has 3 aromatic rings. The first kappa shape index (κ1) is 26.2. The van der Waals surface area contributed by atoms with Crippen LogP contribution >= 0.6 is 27.5 Å². The number of ether oxygens (including phenoxy) is 2. The molecule has 182 valence electrons. The van der Waals surface area contributed by atoms with E-state index in [1.807, 2.05) is 18.2 Å². The van der Waals surface area contributed by atoms with Gasteiger partial charge in [0.1, 0.15) is 12.4 Å². The highest BCUT2D eigenvalue weighted by Gasteiger charge is 2.13. The highest BCUT2D eigenvalue weighted by atomic mass is 79.9. The number of amides is 2. The maximum Gasteiger partial charge on any atom is 0.240 e. The van der Waals surface area contributed by atoms with Crippen LogP contribution in [0.3, 0.4) is 0 Å². The van der Waals surface area contributed by atoms with Crippen LogP contribution in [0.2, 0.25) is 5.02 Å². The van der Waals surface area contributed by atoms with Gasteiger partial charge >= 0.3 is 0 Å². The van der Waals surface area contributed by atoms with Crippen molar-refractivity contribution >= 4 is 51.2 Å². The quantitative estimate of drug-likeness (QED) is 0.245. The Morgan fingerprint density at radius 2 is 1.80 bits per heavy atom. The Kier molecular flexibility index (Phi) is 9.63. The monoisotopic (exact) mass is 561 g/mol. The van der Waals surface area contributed by atoms with E-state index in [-0.39, 0.29) is 25.1 Å². The van der Waals surface area contributed by atoms with Crippen molar-refractivity contribution in [3.8, 4) is 11.5 Å². The zero-order valence-corrected chi connectivity index (χ0v) is 21.0. The Bertz CT molecular complexity index is 1240. The van der Waals surface area contributed by atoms with Crippen LogP contribution in [0.4, 0.5) is 10.1 Å². The molecule has 7 nitrogen and oxygen atoms in total. The number of halogens is 3. The molecule has 0 heterocycles. The number of para-hydroxylation sites is 1. The Balaban J connectivity index is 1.53. The number of nitrogens with one attached hydrogen (secondary N) is 2. The van der Waals surface area contributed by atoms with Crippen LogP contribution in [0, 0.1) is 5.82 Å². The summed E-state index contributed by atoms with van der Waals surface area (Å²) in [4.78, 5) is 23.9. The van der Waals surface area contributed by atoms with E-state index in [2.05, 4.69) is 31.8 Å². The van der Waals surface area contributed by atoms with Gasteiger partial charge in [0.25, 0.3) is 0 Å². The first-order valence-corrected chi connectivity index (χ1v) is 11.6. The predicted octanol–water partition coefficient (Wildman–Crippen LogP) is 5.70. The number of hydrazone groups is 1. The molecule has 3 aromatic carbocycles. The highest BCUT2D eigenvalue weighted by molar-refractivity contribution is 9.10. The second-order valence-electron chi connectivity index (χ2n) is 7.24. The van der Waals surface area contributed by atoms with Gasteiger partial charge in [0, 0.05) is 23.4 Å². The van der Waals surface area contributed by atoms with E-state index >= 15 is 0 Å². The number of hydrogen-bond donors (Lipinski definition) is 2.